The van der Waals surface area contributed by atoms with E-state index in [4.69, 9.17) is 9.05 Å². The Morgan fingerprint density at radius 3 is 2.75 bits per heavy atom. The molecular weight excluding hydrogens is 279 g/mol. The highest BCUT2D eigenvalue weighted by Gasteiger charge is 2.27. The monoisotopic (exact) mass is 300 g/mol. The normalized spacial score (nSPS) is 19.4. The fourth-order valence-corrected chi connectivity index (χ4v) is 4.14. The number of tetrazole rings is 1. The fraction of sp³-hybridized carbons (Fsp3) is 0.750. The molecule has 0 N–H and O–H groups in total. The zero-order valence-electron chi connectivity index (χ0n) is 12.2. The Hall–Kier alpha value is -1.04. The van der Waals surface area contributed by atoms with Gasteiger partial charge < -0.3 is 9.05 Å². The summed E-state index contributed by atoms with van der Waals surface area (Å²) in [5, 5.41) is 11.6. The lowest BCUT2D eigenvalue weighted by Crippen LogP contribution is -2.09. The van der Waals surface area contributed by atoms with Crippen molar-refractivity contribution in [2.45, 2.75) is 33.7 Å². The largest absolute Gasteiger partial charge is 0.334 e. The van der Waals surface area contributed by atoms with Crippen molar-refractivity contribution in [1.82, 2.24) is 20.2 Å². The zero-order chi connectivity index (χ0) is 14.6. The molecular formula is C12H21N4O3P. The van der Waals surface area contributed by atoms with E-state index in [9.17, 15) is 4.57 Å². The van der Waals surface area contributed by atoms with Gasteiger partial charge in [0.05, 0.1) is 19.4 Å². The molecule has 1 aliphatic heterocycles. The quantitative estimate of drug-likeness (QED) is 0.750. The van der Waals surface area contributed by atoms with Crippen LogP contribution in [0.15, 0.2) is 5.57 Å². The standard InChI is InChI=1S/C12H21N4O3P/c1-4-18-20(17,19-5-2)9-11-6-10(3)8-16-12(7-11)13-14-15-16/h7,10H,4-6,8-9H2,1-3H3. The SMILES string of the molecule is CCOP(=O)(CC1=Cc2nnnn2CC(C)C1)OCC. The lowest BCUT2D eigenvalue weighted by Gasteiger charge is -2.19. The molecule has 0 aromatic carbocycles. The first-order valence-corrected chi connectivity index (χ1v) is 8.63. The molecule has 1 aromatic rings. The summed E-state index contributed by atoms with van der Waals surface area (Å²) in [6.07, 6.45) is 3.02. The van der Waals surface area contributed by atoms with Crippen molar-refractivity contribution in [1.29, 1.82) is 0 Å². The molecule has 0 saturated carbocycles. The van der Waals surface area contributed by atoms with Crippen molar-refractivity contribution in [2.24, 2.45) is 5.92 Å². The number of hydrogen-bond donors (Lipinski definition) is 0. The van der Waals surface area contributed by atoms with E-state index < -0.39 is 7.60 Å². The van der Waals surface area contributed by atoms with Crippen molar-refractivity contribution < 1.29 is 13.6 Å². The second-order valence-corrected chi connectivity index (χ2v) is 6.99. The highest BCUT2D eigenvalue weighted by molar-refractivity contribution is 7.54. The van der Waals surface area contributed by atoms with Crippen LogP contribution in [0.4, 0.5) is 0 Å². The summed E-state index contributed by atoms with van der Waals surface area (Å²) < 4.78 is 25.1. The summed E-state index contributed by atoms with van der Waals surface area (Å²) in [5.74, 6) is 1.08. The van der Waals surface area contributed by atoms with Gasteiger partial charge in [-0.3, -0.25) is 4.57 Å². The first-order chi connectivity index (χ1) is 9.56. The molecule has 0 bridgehead atoms. The summed E-state index contributed by atoms with van der Waals surface area (Å²) in [5.41, 5.74) is 1.01. The Morgan fingerprint density at radius 2 is 2.10 bits per heavy atom. The van der Waals surface area contributed by atoms with Crippen LogP contribution < -0.4 is 0 Å². The van der Waals surface area contributed by atoms with E-state index in [0.29, 0.717) is 31.1 Å². The Morgan fingerprint density at radius 1 is 1.40 bits per heavy atom. The molecule has 0 saturated heterocycles. The molecule has 20 heavy (non-hydrogen) atoms. The van der Waals surface area contributed by atoms with Crippen LogP contribution in [-0.4, -0.2) is 39.6 Å². The van der Waals surface area contributed by atoms with E-state index in [1.807, 2.05) is 19.9 Å². The molecule has 2 heterocycles. The lowest BCUT2D eigenvalue weighted by molar-refractivity contribution is 0.221. The van der Waals surface area contributed by atoms with Gasteiger partial charge in [0.1, 0.15) is 0 Å². The van der Waals surface area contributed by atoms with Crippen LogP contribution >= 0.6 is 7.60 Å². The molecule has 8 heteroatoms. The van der Waals surface area contributed by atoms with E-state index in [1.54, 1.807) is 4.68 Å². The van der Waals surface area contributed by atoms with Gasteiger partial charge in [-0.1, -0.05) is 12.5 Å². The predicted octanol–water partition coefficient (Wildman–Crippen LogP) is 2.36. The third-order valence-electron chi connectivity index (χ3n) is 3.04. The van der Waals surface area contributed by atoms with Gasteiger partial charge >= 0.3 is 7.60 Å². The maximum absolute atomic E-state index is 12.6. The molecule has 1 aliphatic rings. The molecule has 2 rings (SSSR count). The van der Waals surface area contributed by atoms with Crippen molar-refractivity contribution in [3.63, 3.8) is 0 Å². The average Bonchev–Trinajstić information content (AvgIpc) is 2.70. The van der Waals surface area contributed by atoms with Crippen LogP contribution in [0.3, 0.4) is 0 Å². The molecule has 1 atom stereocenters. The van der Waals surface area contributed by atoms with Crippen LogP contribution in [0.1, 0.15) is 33.0 Å². The lowest BCUT2D eigenvalue weighted by atomic mass is 10.0. The van der Waals surface area contributed by atoms with Gasteiger partial charge in [0.25, 0.3) is 0 Å². The van der Waals surface area contributed by atoms with Crippen molar-refractivity contribution >= 4 is 13.7 Å². The van der Waals surface area contributed by atoms with Gasteiger partial charge in [0, 0.05) is 6.54 Å². The third kappa shape index (κ3) is 3.75. The third-order valence-corrected chi connectivity index (χ3v) is 5.13. The number of hydrogen-bond acceptors (Lipinski definition) is 6. The smallest absolute Gasteiger partial charge is 0.309 e. The molecule has 1 unspecified atom stereocenters. The molecule has 0 fully saturated rings. The zero-order valence-corrected chi connectivity index (χ0v) is 13.0. The Kier molecular flexibility index (Phi) is 5.07. The van der Waals surface area contributed by atoms with Crippen molar-refractivity contribution in [3.05, 3.63) is 11.4 Å². The molecule has 0 amide bonds. The molecule has 7 nitrogen and oxygen atoms in total. The molecule has 0 spiro atoms. The van der Waals surface area contributed by atoms with Crippen LogP contribution in [0.25, 0.3) is 6.08 Å². The number of fused-ring (bicyclic) bond motifs is 1. The Bertz CT molecular complexity index is 519. The van der Waals surface area contributed by atoms with Gasteiger partial charge in [-0.05, 0) is 42.7 Å². The van der Waals surface area contributed by atoms with Gasteiger partial charge in [-0.2, -0.15) is 0 Å². The maximum Gasteiger partial charge on any atom is 0.334 e. The van der Waals surface area contributed by atoms with E-state index >= 15 is 0 Å². The average molecular weight is 300 g/mol. The minimum Gasteiger partial charge on any atom is -0.309 e. The molecule has 0 radical (unpaired) electrons. The molecule has 1 aromatic heterocycles. The van der Waals surface area contributed by atoms with Crippen molar-refractivity contribution in [2.75, 3.05) is 19.4 Å². The molecule has 0 aliphatic carbocycles. The van der Waals surface area contributed by atoms with E-state index in [-0.39, 0.29) is 0 Å². The summed E-state index contributed by atoms with van der Waals surface area (Å²) in [6.45, 7) is 7.26. The minimum atomic E-state index is -3.07. The second-order valence-electron chi connectivity index (χ2n) is 4.94. The van der Waals surface area contributed by atoms with E-state index in [1.165, 1.54) is 0 Å². The maximum atomic E-state index is 12.6. The highest BCUT2D eigenvalue weighted by Crippen LogP contribution is 2.50. The number of aromatic nitrogens is 4. The van der Waals surface area contributed by atoms with E-state index in [0.717, 1.165) is 18.5 Å². The van der Waals surface area contributed by atoms with Crippen LogP contribution in [0.5, 0.6) is 0 Å². The highest BCUT2D eigenvalue weighted by atomic mass is 31.2. The van der Waals surface area contributed by atoms with Crippen molar-refractivity contribution in [3.8, 4) is 0 Å². The number of rotatable bonds is 6. The second kappa shape index (κ2) is 6.61. The van der Waals surface area contributed by atoms with Gasteiger partial charge in [-0.15, -0.1) is 5.10 Å². The Labute approximate surface area is 118 Å². The number of nitrogens with zero attached hydrogens (tertiary/aromatic N) is 4. The summed E-state index contributed by atoms with van der Waals surface area (Å²) in [6, 6.07) is 0. The first kappa shape index (κ1) is 15.4. The fourth-order valence-electron chi connectivity index (χ4n) is 2.37. The predicted molar refractivity (Wildman–Crippen MR) is 75.3 cm³/mol. The van der Waals surface area contributed by atoms with Gasteiger partial charge in [0.15, 0.2) is 5.82 Å². The minimum absolute atomic E-state index is 0.298. The van der Waals surface area contributed by atoms with Gasteiger partial charge in [0.2, 0.25) is 0 Å². The summed E-state index contributed by atoms with van der Waals surface area (Å²) >= 11 is 0. The topological polar surface area (TPSA) is 79.1 Å². The van der Waals surface area contributed by atoms with E-state index in [2.05, 4.69) is 22.4 Å². The number of allylic oxidation sites excluding steroid dienone is 1. The molecule has 112 valence electrons. The van der Waals surface area contributed by atoms with Crippen LogP contribution in [0, 0.1) is 5.92 Å². The first-order valence-electron chi connectivity index (χ1n) is 6.90. The van der Waals surface area contributed by atoms with Gasteiger partial charge in [-0.25, -0.2) is 4.68 Å². The Balaban J connectivity index is 2.21. The summed E-state index contributed by atoms with van der Waals surface area (Å²) in [7, 11) is -3.07. The summed E-state index contributed by atoms with van der Waals surface area (Å²) in [4.78, 5) is 0. The van der Waals surface area contributed by atoms with Crippen LogP contribution in [0.2, 0.25) is 0 Å². The van der Waals surface area contributed by atoms with Crippen LogP contribution in [-0.2, 0) is 20.2 Å².